The predicted octanol–water partition coefficient (Wildman–Crippen LogP) is 2.10. The van der Waals surface area contributed by atoms with Crippen LogP contribution in [0, 0.1) is 17.6 Å². The minimum atomic E-state index is -0.754. The fraction of sp³-hybridized carbons (Fsp3) is 0.429. The lowest BCUT2D eigenvalue weighted by molar-refractivity contribution is -0.149. The van der Waals surface area contributed by atoms with Crippen LogP contribution in [0.4, 0.5) is 8.78 Å². The maximum Gasteiger partial charge on any atom is 0.311 e. The third-order valence-corrected chi connectivity index (χ3v) is 3.12. The number of carbonyl (C=O) groups excluding carboxylic acids is 2. The summed E-state index contributed by atoms with van der Waals surface area (Å²) in [4.78, 5) is 23.4. The summed E-state index contributed by atoms with van der Waals surface area (Å²) >= 11 is 0. The minimum absolute atomic E-state index is 0.0364. The van der Waals surface area contributed by atoms with Gasteiger partial charge in [0.15, 0.2) is 0 Å². The van der Waals surface area contributed by atoms with Gasteiger partial charge in [0.2, 0.25) is 5.91 Å². The summed E-state index contributed by atoms with van der Waals surface area (Å²) in [5.74, 6) is -3.11. The van der Waals surface area contributed by atoms with Crippen molar-refractivity contribution < 1.29 is 23.1 Å². The SMILES string of the molecule is CCCOC(=O)C1CC(=O)NC1c1cc(F)cc(F)c1. The molecule has 1 N–H and O–H groups in total. The lowest BCUT2D eigenvalue weighted by Crippen LogP contribution is -2.26. The molecule has 1 amide bonds. The molecule has 6 heteroatoms. The van der Waals surface area contributed by atoms with Gasteiger partial charge in [-0.15, -0.1) is 0 Å². The van der Waals surface area contributed by atoms with Gasteiger partial charge in [-0.2, -0.15) is 0 Å². The Morgan fingerprint density at radius 1 is 1.35 bits per heavy atom. The third kappa shape index (κ3) is 3.12. The van der Waals surface area contributed by atoms with Crippen LogP contribution in [-0.4, -0.2) is 18.5 Å². The number of amides is 1. The number of rotatable bonds is 4. The number of halogens is 2. The highest BCUT2D eigenvalue weighted by molar-refractivity contribution is 5.88. The quantitative estimate of drug-likeness (QED) is 0.861. The molecule has 0 saturated carbocycles. The molecule has 0 spiro atoms. The van der Waals surface area contributed by atoms with Crippen molar-refractivity contribution >= 4 is 11.9 Å². The van der Waals surface area contributed by atoms with Crippen molar-refractivity contribution in [1.82, 2.24) is 5.32 Å². The maximum atomic E-state index is 13.2. The summed E-state index contributed by atoms with van der Waals surface area (Å²) < 4.78 is 31.5. The second-order valence-corrected chi connectivity index (χ2v) is 4.73. The number of benzene rings is 1. The van der Waals surface area contributed by atoms with E-state index in [1.54, 1.807) is 0 Å². The zero-order chi connectivity index (χ0) is 14.7. The van der Waals surface area contributed by atoms with Gasteiger partial charge in [0, 0.05) is 12.5 Å². The van der Waals surface area contributed by atoms with Gasteiger partial charge in [-0.05, 0) is 24.1 Å². The monoisotopic (exact) mass is 283 g/mol. The van der Waals surface area contributed by atoms with E-state index in [9.17, 15) is 18.4 Å². The van der Waals surface area contributed by atoms with Crippen molar-refractivity contribution in [1.29, 1.82) is 0 Å². The summed E-state index contributed by atoms with van der Waals surface area (Å²) in [5, 5.41) is 2.56. The molecule has 1 aromatic rings. The number of esters is 1. The number of nitrogens with one attached hydrogen (secondary N) is 1. The molecule has 1 fully saturated rings. The summed E-state index contributed by atoms with van der Waals surface area (Å²) in [6.45, 7) is 2.11. The zero-order valence-electron chi connectivity index (χ0n) is 11.0. The topological polar surface area (TPSA) is 55.4 Å². The average molecular weight is 283 g/mol. The van der Waals surface area contributed by atoms with Crippen LogP contribution >= 0.6 is 0 Å². The van der Waals surface area contributed by atoms with Crippen LogP contribution in [0.2, 0.25) is 0 Å². The van der Waals surface area contributed by atoms with E-state index < -0.39 is 29.6 Å². The van der Waals surface area contributed by atoms with E-state index in [-0.39, 0.29) is 24.5 Å². The lowest BCUT2D eigenvalue weighted by Gasteiger charge is -2.18. The first-order chi connectivity index (χ1) is 9.51. The third-order valence-electron chi connectivity index (χ3n) is 3.12. The molecular weight excluding hydrogens is 268 g/mol. The number of hydrogen-bond donors (Lipinski definition) is 1. The Kier molecular flexibility index (Phi) is 4.32. The summed E-state index contributed by atoms with van der Waals surface area (Å²) in [5.41, 5.74) is 0.229. The van der Waals surface area contributed by atoms with Gasteiger partial charge in [-0.1, -0.05) is 6.92 Å². The first-order valence-corrected chi connectivity index (χ1v) is 6.43. The highest BCUT2D eigenvalue weighted by Crippen LogP contribution is 2.32. The largest absolute Gasteiger partial charge is 0.465 e. The highest BCUT2D eigenvalue weighted by Gasteiger charge is 2.39. The molecule has 0 bridgehead atoms. The fourth-order valence-electron chi connectivity index (χ4n) is 2.25. The minimum Gasteiger partial charge on any atom is -0.465 e. The summed E-state index contributed by atoms with van der Waals surface area (Å²) in [7, 11) is 0. The van der Waals surface area contributed by atoms with Crippen LogP contribution in [0.1, 0.15) is 31.4 Å². The number of carbonyl (C=O) groups is 2. The summed E-state index contributed by atoms with van der Waals surface area (Å²) in [6.07, 6.45) is 0.629. The fourth-order valence-corrected chi connectivity index (χ4v) is 2.25. The molecule has 0 aliphatic carbocycles. The smallest absolute Gasteiger partial charge is 0.311 e. The normalized spacial score (nSPS) is 21.6. The molecular formula is C14H15F2NO3. The van der Waals surface area contributed by atoms with E-state index in [1.807, 2.05) is 6.92 Å². The molecule has 2 rings (SSSR count). The first kappa shape index (κ1) is 14.4. The van der Waals surface area contributed by atoms with Gasteiger partial charge < -0.3 is 10.1 Å². The molecule has 20 heavy (non-hydrogen) atoms. The van der Waals surface area contributed by atoms with Gasteiger partial charge in [-0.25, -0.2) is 8.78 Å². The lowest BCUT2D eigenvalue weighted by atomic mass is 9.94. The van der Waals surface area contributed by atoms with Crippen molar-refractivity contribution in [3.05, 3.63) is 35.4 Å². The second kappa shape index (κ2) is 5.98. The molecule has 2 atom stereocenters. The van der Waals surface area contributed by atoms with Gasteiger partial charge in [0.1, 0.15) is 11.6 Å². The Morgan fingerprint density at radius 3 is 2.60 bits per heavy atom. The molecule has 108 valence electrons. The van der Waals surface area contributed by atoms with Crippen molar-refractivity contribution in [3.63, 3.8) is 0 Å². The van der Waals surface area contributed by atoms with Crippen LogP contribution in [0.5, 0.6) is 0 Å². The number of hydrogen-bond acceptors (Lipinski definition) is 3. The van der Waals surface area contributed by atoms with Crippen LogP contribution in [0.3, 0.4) is 0 Å². The molecule has 1 aromatic carbocycles. The Labute approximate surface area is 115 Å². The summed E-state index contributed by atoms with van der Waals surface area (Å²) in [6, 6.07) is 2.21. The van der Waals surface area contributed by atoms with Gasteiger partial charge in [0.25, 0.3) is 0 Å². The molecule has 1 aliphatic heterocycles. The first-order valence-electron chi connectivity index (χ1n) is 6.43. The van der Waals surface area contributed by atoms with E-state index in [2.05, 4.69) is 5.32 Å². The van der Waals surface area contributed by atoms with Gasteiger partial charge in [0.05, 0.1) is 18.6 Å². The predicted molar refractivity (Wildman–Crippen MR) is 66.6 cm³/mol. The molecule has 1 aliphatic rings. The molecule has 1 heterocycles. The van der Waals surface area contributed by atoms with E-state index in [1.165, 1.54) is 0 Å². The van der Waals surface area contributed by atoms with E-state index in [4.69, 9.17) is 4.74 Å². The van der Waals surface area contributed by atoms with Crippen LogP contribution in [0.25, 0.3) is 0 Å². The molecule has 0 radical (unpaired) electrons. The Balaban J connectivity index is 2.23. The molecule has 2 unspecified atom stereocenters. The zero-order valence-corrected chi connectivity index (χ0v) is 11.0. The van der Waals surface area contributed by atoms with Crippen LogP contribution in [-0.2, 0) is 14.3 Å². The maximum absolute atomic E-state index is 13.2. The van der Waals surface area contributed by atoms with Crippen LogP contribution in [0.15, 0.2) is 18.2 Å². The average Bonchev–Trinajstić information content (AvgIpc) is 2.77. The van der Waals surface area contributed by atoms with Crippen molar-refractivity contribution in [2.45, 2.75) is 25.8 Å². The van der Waals surface area contributed by atoms with E-state index in [0.717, 1.165) is 18.2 Å². The molecule has 0 aromatic heterocycles. The Bertz CT molecular complexity index is 513. The second-order valence-electron chi connectivity index (χ2n) is 4.73. The molecule has 4 nitrogen and oxygen atoms in total. The van der Waals surface area contributed by atoms with Crippen molar-refractivity contribution in [2.24, 2.45) is 5.92 Å². The van der Waals surface area contributed by atoms with Crippen molar-refractivity contribution in [2.75, 3.05) is 6.61 Å². The van der Waals surface area contributed by atoms with Crippen molar-refractivity contribution in [3.8, 4) is 0 Å². The van der Waals surface area contributed by atoms with E-state index in [0.29, 0.717) is 6.42 Å². The highest BCUT2D eigenvalue weighted by atomic mass is 19.1. The Hall–Kier alpha value is -1.98. The van der Waals surface area contributed by atoms with Gasteiger partial charge in [-0.3, -0.25) is 9.59 Å². The van der Waals surface area contributed by atoms with Crippen LogP contribution < -0.4 is 5.32 Å². The van der Waals surface area contributed by atoms with E-state index >= 15 is 0 Å². The molecule has 1 saturated heterocycles. The number of ether oxygens (including phenoxy) is 1. The Morgan fingerprint density at radius 2 is 2.00 bits per heavy atom. The van der Waals surface area contributed by atoms with Gasteiger partial charge >= 0.3 is 5.97 Å². The standard InChI is InChI=1S/C14H15F2NO3/c1-2-3-20-14(19)11-7-12(18)17-13(11)8-4-9(15)6-10(16)5-8/h4-6,11,13H,2-3,7H2,1H3,(H,17,18).